The van der Waals surface area contributed by atoms with Crippen LogP contribution in [0.15, 0.2) is 29.2 Å². The summed E-state index contributed by atoms with van der Waals surface area (Å²) >= 11 is 0. The third-order valence-electron chi connectivity index (χ3n) is 2.72. The Morgan fingerprint density at radius 2 is 1.74 bits per heavy atom. The molecule has 0 radical (unpaired) electrons. The van der Waals surface area contributed by atoms with E-state index >= 15 is 0 Å². The summed E-state index contributed by atoms with van der Waals surface area (Å²) in [6, 6.07) is 3.77. The number of carbonyl (C=O) groups excluding carboxylic acids is 1. The van der Waals surface area contributed by atoms with Crippen molar-refractivity contribution in [2.45, 2.75) is 17.9 Å². The first-order chi connectivity index (χ1) is 8.67. The third kappa shape index (κ3) is 3.09. The maximum Gasteiger partial charge on any atom is 0.321 e. The van der Waals surface area contributed by atoms with E-state index in [0.29, 0.717) is 0 Å². The molecule has 1 unspecified atom stereocenters. The highest BCUT2D eigenvalue weighted by Gasteiger charge is 2.29. The molecule has 1 rings (SSSR count). The monoisotopic (exact) mass is 286 g/mol. The Morgan fingerprint density at radius 1 is 1.26 bits per heavy atom. The number of nitrogens with two attached hydrogens (primary N) is 1. The number of nitrogens with zero attached hydrogens (tertiary/aromatic N) is 1. The van der Waals surface area contributed by atoms with Gasteiger partial charge < -0.3 is 10.8 Å². The summed E-state index contributed by atoms with van der Waals surface area (Å²) in [5.41, 5.74) is 5.22. The lowest BCUT2D eigenvalue weighted by atomic mass is 10.2. The van der Waals surface area contributed by atoms with Crippen LogP contribution in [-0.4, -0.2) is 42.8 Å². The lowest BCUT2D eigenvalue weighted by Crippen LogP contribution is -2.40. The Labute approximate surface area is 110 Å². The minimum absolute atomic E-state index is 0.104. The molecule has 0 saturated carbocycles. The van der Waals surface area contributed by atoms with Crippen molar-refractivity contribution >= 4 is 21.9 Å². The van der Waals surface area contributed by atoms with Crippen molar-refractivity contribution in [3.8, 4) is 0 Å². The number of hydrogen-bond acceptors (Lipinski definition) is 4. The average molecular weight is 286 g/mol. The molecule has 0 aliphatic carbocycles. The van der Waals surface area contributed by atoms with Gasteiger partial charge in [-0.2, -0.15) is 4.31 Å². The van der Waals surface area contributed by atoms with Crippen molar-refractivity contribution in [1.82, 2.24) is 4.31 Å². The van der Waals surface area contributed by atoms with E-state index < -0.39 is 27.9 Å². The fraction of sp³-hybridized carbons (Fsp3) is 0.273. The molecule has 1 atom stereocenters. The Kier molecular flexibility index (Phi) is 4.28. The molecule has 0 saturated heterocycles. The maximum absolute atomic E-state index is 12.1. The van der Waals surface area contributed by atoms with Gasteiger partial charge in [0.05, 0.1) is 4.90 Å². The van der Waals surface area contributed by atoms with E-state index in [-0.39, 0.29) is 10.5 Å². The van der Waals surface area contributed by atoms with Crippen LogP contribution in [0.5, 0.6) is 0 Å². The fourth-order valence-electron chi connectivity index (χ4n) is 1.32. The first-order valence-corrected chi connectivity index (χ1v) is 6.72. The molecule has 19 heavy (non-hydrogen) atoms. The Balaban J connectivity index is 3.13. The zero-order chi connectivity index (χ0) is 14.8. The quantitative estimate of drug-likeness (QED) is 0.782. The highest BCUT2D eigenvalue weighted by molar-refractivity contribution is 7.89. The van der Waals surface area contributed by atoms with Crippen LogP contribution in [-0.2, 0) is 14.8 Å². The predicted molar refractivity (Wildman–Crippen MR) is 67.0 cm³/mol. The van der Waals surface area contributed by atoms with Crippen LogP contribution in [0.25, 0.3) is 0 Å². The Bertz CT molecular complexity index is 594. The van der Waals surface area contributed by atoms with Gasteiger partial charge in [-0.25, -0.2) is 8.42 Å². The topological polar surface area (TPSA) is 118 Å². The average Bonchev–Trinajstić information content (AvgIpc) is 2.36. The second-order valence-electron chi connectivity index (χ2n) is 3.92. The first-order valence-electron chi connectivity index (χ1n) is 5.28. The molecule has 104 valence electrons. The molecule has 0 aromatic heterocycles. The number of amides is 1. The molecule has 0 fully saturated rings. The van der Waals surface area contributed by atoms with E-state index in [1.807, 2.05) is 0 Å². The second-order valence-corrected chi connectivity index (χ2v) is 5.92. The number of aliphatic carboxylic acids is 1. The maximum atomic E-state index is 12.1. The van der Waals surface area contributed by atoms with E-state index in [9.17, 15) is 18.0 Å². The number of hydrogen-bond donors (Lipinski definition) is 2. The molecular formula is C11H14N2O5S. The van der Waals surface area contributed by atoms with Gasteiger partial charge in [0.25, 0.3) is 0 Å². The molecule has 0 aliphatic heterocycles. The largest absolute Gasteiger partial charge is 0.480 e. The standard InChI is InChI=1S/C11H14N2O5S/c1-7(11(15)16)13(2)19(17,18)9-5-3-8(4-6-9)10(12)14/h3-7H,1-2H3,(H2,12,14)(H,15,16). The van der Waals surface area contributed by atoms with Crippen LogP contribution in [0.1, 0.15) is 17.3 Å². The zero-order valence-corrected chi connectivity index (χ0v) is 11.2. The molecule has 0 aliphatic rings. The molecule has 3 N–H and O–H groups in total. The van der Waals surface area contributed by atoms with E-state index in [4.69, 9.17) is 10.8 Å². The van der Waals surface area contributed by atoms with Crippen molar-refractivity contribution in [3.05, 3.63) is 29.8 Å². The van der Waals surface area contributed by atoms with E-state index in [1.54, 1.807) is 0 Å². The summed E-state index contributed by atoms with van der Waals surface area (Å²) in [6.07, 6.45) is 0. The van der Waals surface area contributed by atoms with Gasteiger partial charge in [0.1, 0.15) is 6.04 Å². The number of carbonyl (C=O) groups is 2. The first kappa shape index (κ1) is 15.1. The van der Waals surface area contributed by atoms with Crippen LogP contribution in [0.3, 0.4) is 0 Å². The van der Waals surface area contributed by atoms with Crippen LogP contribution in [0.4, 0.5) is 0 Å². The molecule has 7 nitrogen and oxygen atoms in total. The number of sulfonamides is 1. The van der Waals surface area contributed by atoms with Crippen molar-refractivity contribution in [3.63, 3.8) is 0 Å². The van der Waals surface area contributed by atoms with Gasteiger partial charge in [-0.3, -0.25) is 9.59 Å². The number of primary amides is 1. The molecule has 1 amide bonds. The summed E-state index contributed by atoms with van der Waals surface area (Å²) in [5, 5.41) is 8.81. The lowest BCUT2D eigenvalue weighted by molar-refractivity contribution is -0.140. The third-order valence-corrected chi connectivity index (χ3v) is 4.66. The fourth-order valence-corrected chi connectivity index (χ4v) is 2.64. The van der Waals surface area contributed by atoms with Crippen LogP contribution < -0.4 is 5.73 Å². The number of likely N-dealkylation sites (N-methyl/N-ethyl adjacent to an activating group) is 1. The minimum Gasteiger partial charge on any atom is -0.480 e. The van der Waals surface area contributed by atoms with Gasteiger partial charge in [0, 0.05) is 12.6 Å². The predicted octanol–water partition coefficient (Wildman–Crippen LogP) is -0.121. The molecule has 0 bridgehead atoms. The summed E-state index contributed by atoms with van der Waals surface area (Å²) in [5.74, 6) is -1.92. The molecule has 0 heterocycles. The zero-order valence-electron chi connectivity index (χ0n) is 10.4. The van der Waals surface area contributed by atoms with Crippen molar-refractivity contribution in [2.24, 2.45) is 5.73 Å². The second kappa shape index (κ2) is 5.37. The van der Waals surface area contributed by atoms with Crippen LogP contribution in [0.2, 0.25) is 0 Å². The molecule has 1 aromatic rings. The normalized spacial score (nSPS) is 13.2. The van der Waals surface area contributed by atoms with Gasteiger partial charge in [0.2, 0.25) is 15.9 Å². The summed E-state index contributed by atoms with van der Waals surface area (Å²) in [7, 11) is -2.75. The van der Waals surface area contributed by atoms with Gasteiger partial charge >= 0.3 is 5.97 Å². The number of rotatable bonds is 5. The van der Waals surface area contributed by atoms with Gasteiger partial charge in [-0.1, -0.05) is 0 Å². The van der Waals surface area contributed by atoms with Crippen LogP contribution >= 0.6 is 0 Å². The highest BCUT2D eigenvalue weighted by Crippen LogP contribution is 2.17. The number of carboxylic acid groups (broad SMARTS) is 1. The summed E-state index contributed by atoms with van der Waals surface area (Å²) < 4.78 is 25.0. The van der Waals surface area contributed by atoms with E-state index in [1.165, 1.54) is 38.2 Å². The molecule has 1 aromatic carbocycles. The SMILES string of the molecule is CC(C(=O)O)N(C)S(=O)(=O)c1ccc(C(N)=O)cc1. The van der Waals surface area contributed by atoms with Crippen LogP contribution in [0, 0.1) is 0 Å². The van der Waals surface area contributed by atoms with E-state index in [0.717, 1.165) is 4.31 Å². The summed E-state index contributed by atoms with van der Waals surface area (Å²) in [6.45, 7) is 1.26. The highest BCUT2D eigenvalue weighted by atomic mass is 32.2. The lowest BCUT2D eigenvalue weighted by Gasteiger charge is -2.21. The van der Waals surface area contributed by atoms with Gasteiger partial charge in [0.15, 0.2) is 0 Å². The van der Waals surface area contributed by atoms with E-state index in [2.05, 4.69) is 0 Å². The number of benzene rings is 1. The molecular weight excluding hydrogens is 272 g/mol. The van der Waals surface area contributed by atoms with Gasteiger partial charge in [-0.05, 0) is 31.2 Å². The van der Waals surface area contributed by atoms with Crippen molar-refractivity contribution in [2.75, 3.05) is 7.05 Å². The Hall–Kier alpha value is -1.93. The number of carboxylic acids is 1. The molecule has 0 spiro atoms. The minimum atomic E-state index is -3.93. The molecule has 8 heteroatoms. The Morgan fingerprint density at radius 3 is 2.11 bits per heavy atom. The smallest absolute Gasteiger partial charge is 0.321 e. The van der Waals surface area contributed by atoms with Crippen molar-refractivity contribution in [1.29, 1.82) is 0 Å². The van der Waals surface area contributed by atoms with Gasteiger partial charge in [-0.15, -0.1) is 0 Å². The van der Waals surface area contributed by atoms with Crippen molar-refractivity contribution < 1.29 is 23.1 Å². The summed E-state index contributed by atoms with van der Waals surface area (Å²) in [4.78, 5) is 21.6.